The Hall–Kier alpha value is -0.760. The fourth-order valence-electron chi connectivity index (χ4n) is 1.69. The van der Waals surface area contributed by atoms with Gasteiger partial charge in [0.2, 0.25) is 0 Å². The van der Waals surface area contributed by atoms with E-state index < -0.39 is 0 Å². The smallest absolute Gasteiger partial charge is 0.122 e. The van der Waals surface area contributed by atoms with E-state index in [0.29, 0.717) is 5.88 Å². The quantitative estimate of drug-likeness (QED) is 0.477. The van der Waals surface area contributed by atoms with Crippen molar-refractivity contribution in [1.82, 2.24) is 4.98 Å². The van der Waals surface area contributed by atoms with E-state index in [4.69, 9.17) is 16.3 Å². The number of rotatable bonds is 9. The van der Waals surface area contributed by atoms with Gasteiger partial charge in [-0.2, -0.15) is 0 Å². The summed E-state index contributed by atoms with van der Waals surface area (Å²) in [6.07, 6.45) is 9.45. The van der Waals surface area contributed by atoms with Crippen molar-refractivity contribution in [2.24, 2.45) is 0 Å². The van der Waals surface area contributed by atoms with Crippen LogP contribution in [-0.4, -0.2) is 11.6 Å². The summed E-state index contributed by atoms with van der Waals surface area (Å²) in [5, 5.41) is 0. The standard InChI is InChI=1S/C14H22ClNO/c1-2-3-4-5-6-7-10-17-14-8-9-16-13(11-14)12-15/h8-9,11H,2-7,10,12H2,1H3. The van der Waals surface area contributed by atoms with Crippen molar-refractivity contribution in [2.45, 2.75) is 51.3 Å². The summed E-state index contributed by atoms with van der Waals surface area (Å²) in [5.74, 6) is 1.32. The van der Waals surface area contributed by atoms with Crippen LogP contribution < -0.4 is 4.74 Å². The van der Waals surface area contributed by atoms with Crippen molar-refractivity contribution in [1.29, 1.82) is 0 Å². The van der Waals surface area contributed by atoms with E-state index in [1.54, 1.807) is 6.20 Å². The molecule has 0 bridgehead atoms. The highest BCUT2D eigenvalue weighted by Crippen LogP contribution is 2.13. The molecule has 0 N–H and O–H groups in total. The molecular formula is C14H22ClNO. The van der Waals surface area contributed by atoms with Crippen LogP contribution >= 0.6 is 11.6 Å². The van der Waals surface area contributed by atoms with Crippen LogP contribution in [0.25, 0.3) is 0 Å². The van der Waals surface area contributed by atoms with Gasteiger partial charge in [-0.3, -0.25) is 4.98 Å². The Labute approximate surface area is 109 Å². The van der Waals surface area contributed by atoms with E-state index in [2.05, 4.69) is 11.9 Å². The average Bonchev–Trinajstić information content (AvgIpc) is 2.38. The maximum Gasteiger partial charge on any atom is 0.122 e. The Morgan fingerprint density at radius 2 is 1.94 bits per heavy atom. The van der Waals surface area contributed by atoms with Gasteiger partial charge in [0.25, 0.3) is 0 Å². The Balaban J connectivity index is 2.09. The Kier molecular flexibility index (Phi) is 7.81. The number of halogens is 1. The van der Waals surface area contributed by atoms with Crippen molar-refractivity contribution in [3.63, 3.8) is 0 Å². The SMILES string of the molecule is CCCCCCCCOc1ccnc(CCl)c1. The molecule has 0 spiro atoms. The third-order valence-corrected chi connectivity index (χ3v) is 2.97. The van der Waals surface area contributed by atoms with Crippen LogP contribution in [0.4, 0.5) is 0 Å². The molecule has 0 unspecified atom stereocenters. The lowest BCUT2D eigenvalue weighted by Gasteiger charge is -2.06. The highest BCUT2D eigenvalue weighted by atomic mass is 35.5. The largest absolute Gasteiger partial charge is 0.493 e. The normalized spacial score (nSPS) is 10.5. The zero-order valence-corrected chi connectivity index (χ0v) is 11.4. The first kappa shape index (κ1) is 14.3. The van der Waals surface area contributed by atoms with Crippen LogP contribution in [-0.2, 0) is 5.88 Å². The molecule has 0 saturated heterocycles. The number of pyridine rings is 1. The number of ether oxygens (including phenoxy) is 1. The third kappa shape index (κ3) is 6.52. The highest BCUT2D eigenvalue weighted by Gasteiger charge is 1.97. The molecule has 17 heavy (non-hydrogen) atoms. The van der Waals surface area contributed by atoms with Crippen LogP contribution in [0.5, 0.6) is 5.75 Å². The zero-order chi connectivity index (χ0) is 12.3. The topological polar surface area (TPSA) is 22.1 Å². The van der Waals surface area contributed by atoms with Gasteiger partial charge in [-0.25, -0.2) is 0 Å². The summed E-state index contributed by atoms with van der Waals surface area (Å²) < 4.78 is 5.66. The predicted octanol–water partition coefficient (Wildman–Crippen LogP) is 4.56. The van der Waals surface area contributed by atoms with Gasteiger partial charge in [0.15, 0.2) is 0 Å². The van der Waals surface area contributed by atoms with E-state index in [-0.39, 0.29) is 0 Å². The Morgan fingerprint density at radius 3 is 2.71 bits per heavy atom. The highest BCUT2D eigenvalue weighted by molar-refractivity contribution is 6.16. The summed E-state index contributed by atoms with van der Waals surface area (Å²) in [5.41, 5.74) is 0.868. The first-order chi connectivity index (χ1) is 8.36. The van der Waals surface area contributed by atoms with Crippen LogP contribution in [0.2, 0.25) is 0 Å². The molecule has 0 atom stereocenters. The second-order valence-corrected chi connectivity index (χ2v) is 4.50. The lowest BCUT2D eigenvalue weighted by molar-refractivity contribution is 0.304. The number of alkyl halides is 1. The molecule has 96 valence electrons. The van der Waals surface area contributed by atoms with Crippen LogP contribution in [0.3, 0.4) is 0 Å². The van der Waals surface area contributed by atoms with Crippen molar-refractivity contribution in [3.05, 3.63) is 24.0 Å². The van der Waals surface area contributed by atoms with E-state index >= 15 is 0 Å². The first-order valence-electron chi connectivity index (χ1n) is 6.50. The molecular weight excluding hydrogens is 234 g/mol. The monoisotopic (exact) mass is 255 g/mol. The molecule has 0 radical (unpaired) electrons. The lowest BCUT2D eigenvalue weighted by atomic mass is 10.1. The minimum atomic E-state index is 0.439. The summed E-state index contributed by atoms with van der Waals surface area (Å²) in [6, 6.07) is 3.79. The summed E-state index contributed by atoms with van der Waals surface area (Å²) in [6.45, 7) is 3.03. The van der Waals surface area contributed by atoms with Gasteiger partial charge in [-0.15, -0.1) is 11.6 Å². The van der Waals surface area contributed by atoms with Gasteiger partial charge < -0.3 is 4.74 Å². The van der Waals surface area contributed by atoms with Crippen molar-refractivity contribution >= 4 is 11.6 Å². The third-order valence-electron chi connectivity index (χ3n) is 2.69. The number of unbranched alkanes of at least 4 members (excludes halogenated alkanes) is 5. The maximum atomic E-state index is 5.71. The van der Waals surface area contributed by atoms with Crippen molar-refractivity contribution in [2.75, 3.05) is 6.61 Å². The van der Waals surface area contributed by atoms with Gasteiger partial charge in [-0.05, 0) is 12.5 Å². The molecule has 0 aliphatic carbocycles. The van der Waals surface area contributed by atoms with Crippen LogP contribution in [0.15, 0.2) is 18.3 Å². The van der Waals surface area contributed by atoms with Gasteiger partial charge in [0, 0.05) is 12.3 Å². The lowest BCUT2D eigenvalue weighted by Crippen LogP contribution is -1.98. The molecule has 0 aliphatic heterocycles. The molecule has 0 fully saturated rings. The van der Waals surface area contributed by atoms with Gasteiger partial charge in [0.1, 0.15) is 5.75 Å². The van der Waals surface area contributed by atoms with Gasteiger partial charge in [-0.1, -0.05) is 39.0 Å². The maximum absolute atomic E-state index is 5.71. The van der Waals surface area contributed by atoms with Crippen molar-refractivity contribution in [3.8, 4) is 5.75 Å². The summed E-state index contributed by atoms with van der Waals surface area (Å²) in [4.78, 5) is 4.12. The van der Waals surface area contributed by atoms with Crippen molar-refractivity contribution < 1.29 is 4.74 Å². The second-order valence-electron chi connectivity index (χ2n) is 4.23. The molecule has 1 heterocycles. The van der Waals surface area contributed by atoms with Gasteiger partial charge >= 0.3 is 0 Å². The second kappa shape index (κ2) is 9.29. The fourth-order valence-corrected chi connectivity index (χ4v) is 1.84. The summed E-state index contributed by atoms with van der Waals surface area (Å²) in [7, 11) is 0. The number of nitrogens with zero attached hydrogens (tertiary/aromatic N) is 1. The zero-order valence-electron chi connectivity index (χ0n) is 10.6. The molecule has 0 saturated carbocycles. The van der Waals surface area contributed by atoms with Crippen LogP contribution in [0.1, 0.15) is 51.1 Å². The average molecular weight is 256 g/mol. The molecule has 0 amide bonds. The van der Waals surface area contributed by atoms with E-state index in [0.717, 1.165) is 24.5 Å². The number of aromatic nitrogens is 1. The van der Waals surface area contributed by atoms with E-state index in [1.165, 1.54) is 32.1 Å². The molecule has 1 aromatic heterocycles. The molecule has 1 aromatic rings. The Morgan fingerprint density at radius 1 is 1.18 bits per heavy atom. The predicted molar refractivity (Wildman–Crippen MR) is 72.7 cm³/mol. The molecule has 1 rings (SSSR count). The first-order valence-corrected chi connectivity index (χ1v) is 7.04. The van der Waals surface area contributed by atoms with E-state index in [9.17, 15) is 0 Å². The van der Waals surface area contributed by atoms with Crippen LogP contribution in [0, 0.1) is 0 Å². The minimum absolute atomic E-state index is 0.439. The minimum Gasteiger partial charge on any atom is -0.493 e. The number of hydrogen-bond acceptors (Lipinski definition) is 2. The fraction of sp³-hybridized carbons (Fsp3) is 0.643. The molecule has 2 nitrogen and oxygen atoms in total. The summed E-state index contributed by atoms with van der Waals surface area (Å²) >= 11 is 5.71. The molecule has 0 aromatic carbocycles. The number of hydrogen-bond donors (Lipinski definition) is 0. The van der Waals surface area contributed by atoms with Gasteiger partial charge in [0.05, 0.1) is 18.2 Å². The Bertz CT molecular complexity index is 304. The van der Waals surface area contributed by atoms with E-state index in [1.807, 2.05) is 12.1 Å². The molecule has 0 aliphatic rings. The molecule has 3 heteroatoms.